The number of aryl methyl sites for hydroxylation is 3. The molecule has 0 aliphatic carbocycles. The second-order valence-electron chi connectivity index (χ2n) is 4.76. The number of hydrogen-bond donors (Lipinski definition) is 1. The van der Waals surface area contributed by atoms with Crippen LogP contribution in [0.5, 0.6) is 0 Å². The SMILES string of the molecule is Cc1nccc(NC(=O)Cc2c(C)nn(C)c2C)c1Cl. The first-order valence-corrected chi connectivity index (χ1v) is 6.68. The Hall–Kier alpha value is -1.88. The van der Waals surface area contributed by atoms with E-state index in [-0.39, 0.29) is 12.3 Å². The minimum atomic E-state index is -0.114. The van der Waals surface area contributed by atoms with E-state index in [0.29, 0.717) is 16.4 Å². The van der Waals surface area contributed by atoms with Crippen LogP contribution in [0.2, 0.25) is 5.02 Å². The van der Waals surface area contributed by atoms with Gasteiger partial charge in [-0.05, 0) is 26.8 Å². The lowest BCUT2D eigenvalue weighted by atomic mass is 10.1. The summed E-state index contributed by atoms with van der Waals surface area (Å²) >= 11 is 6.11. The maximum Gasteiger partial charge on any atom is 0.228 e. The molecule has 1 amide bonds. The van der Waals surface area contributed by atoms with E-state index in [9.17, 15) is 4.79 Å². The van der Waals surface area contributed by atoms with E-state index in [2.05, 4.69) is 15.4 Å². The van der Waals surface area contributed by atoms with E-state index >= 15 is 0 Å². The molecule has 2 rings (SSSR count). The van der Waals surface area contributed by atoms with Crippen LogP contribution in [0, 0.1) is 20.8 Å². The summed E-state index contributed by atoms with van der Waals surface area (Å²) in [5, 5.41) is 7.59. The molecule has 6 heteroatoms. The van der Waals surface area contributed by atoms with Gasteiger partial charge in [-0.3, -0.25) is 14.5 Å². The zero-order valence-electron chi connectivity index (χ0n) is 12.0. The van der Waals surface area contributed by atoms with Gasteiger partial charge in [0.15, 0.2) is 0 Å². The molecule has 0 saturated carbocycles. The van der Waals surface area contributed by atoms with Crippen LogP contribution >= 0.6 is 11.6 Å². The second kappa shape index (κ2) is 5.63. The lowest BCUT2D eigenvalue weighted by Gasteiger charge is -2.08. The minimum Gasteiger partial charge on any atom is -0.324 e. The quantitative estimate of drug-likeness (QED) is 0.946. The summed E-state index contributed by atoms with van der Waals surface area (Å²) in [5.41, 5.74) is 4.10. The first kappa shape index (κ1) is 14.5. The van der Waals surface area contributed by atoms with Gasteiger partial charge in [0, 0.05) is 24.5 Å². The third kappa shape index (κ3) is 2.82. The Labute approximate surface area is 123 Å². The highest BCUT2D eigenvalue weighted by Crippen LogP contribution is 2.23. The third-order valence-electron chi connectivity index (χ3n) is 3.33. The Kier molecular flexibility index (Phi) is 4.09. The monoisotopic (exact) mass is 292 g/mol. The number of pyridine rings is 1. The van der Waals surface area contributed by atoms with Gasteiger partial charge in [0.25, 0.3) is 0 Å². The van der Waals surface area contributed by atoms with Crippen molar-refractivity contribution in [1.29, 1.82) is 0 Å². The average Bonchev–Trinajstić information content (AvgIpc) is 2.62. The number of carbonyl (C=O) groups is 1. The van der Waals surface area contributed by atoms with E-state index < -0.39 is 0 Å². The van der Waals surface area contributed by atoms with Crippen molar-refractivity contribution in [1.82, 2.24) is 14.8 Å². The molecule has 0 aliphatic heterocycles. The summed E-state index contributed by atoms with van der Waals surface area (Å²) in [7, 11) is 1.87. The zero-order chi connectivity index (χ0) is 14.9. The summed E-state index contributed by atoms with van der Waals surface area (Å²) in [6.45, 7) is 5.65. The molecule has 0 radical (unpaired) electrons. The van der Waals surface area contributed by atoms with Gasteiger partial charge in [-0.15, -0.1) is 0 Å². The van der Waals surface area contributed by atoms with Crippen LogP contribution in [0.4, 0.5) is 5.69 Å². The first-order chi connectivity index (χ1) is 9.40. The van der Waals surface area contributed by atoms with Crippen molar-refractivity contribution in [3.8, 4) is 0 Å². The van der Waals surface area contributed by atoms with Crippen LogP contribution in [-0.2, 0) is 18.3 Å². The Morgan fingerprint density at radius 3 is 2.65 bits per heavy atom. The number of carbonyl (C=O) groups excluding carboxylic acids is 1. The molecule has 0 fully saturated rings. The number of anilines is 1. The Morgan fingerprint density at radius 1 is 1.35 bits per heavy atom. The van der Waals surface area contributed by atoms with Crippen molar-refractivity contribution in [2.75, 3.05) is 5.32 Å². The second-order valence-corrected chi connectivity index (χ2v) is 5.13. The van der Waals surface area contributed by atoms with Gasteiger partial charge >= 0.3 is 0 Å². The van der Waals surface area contributed by atoms with E-state index in [4.69, 9.17) is 11.6 Å². The highest BCUT2D eigenvalue weighted by atomic mass is 35.5. The Balaban J connectivity index is 2.15. The summed E-state index contributed by atoms with van der Waals surface area (Å²) in [6, 6.07) is 1.69. The van der Waals surface area contributed by atoms with Crippen molar-refractivity contribution >= 4 is 23.2 Å². The fourth-order valence-corrected chi connectivity index (χ4v) is 2.23. The summed E-state index contributed by atoms with van der Waals surface area (Å²) in [4.78, 5) is 16.2. The molecule has 0 unspecified atom stereocenters. The lowest BCUT2D eigenvalue weighted by Crippen LogP contribution is -2.16. The van der Waals surface area contributed by atoms with Crippen molar-refractivity contribution in [3.63, 3.8) is 0 Å². The smallest absolute Gasteiger partial charge is 0.228 e. The molecular weight excluding hydrogens is 276 g/mol. The molecule has 0 aliphatic rings. The van der Waals surface area contributed by atoms with Crippen LogP contribution in [0.25, 0.3) is 0 Å². The standard InChI is InChI=1S/C14H17ClN4O/c1-8-11(10(3)19(4)18-8)7-13(20)17-12-5-6-16-9(2)14(12)15/h5-6H,7H2,1-4H3,(H,16,17,20). The maximum atomic E-state index is 12.1. The van der Waals surface area contributed by atoms with Crippen molar-refractivity contribution < 1.29 is 4.79 Å². The first-order valence-electron chi connectivity index (χ1n) is 6.30. The van der Waals surface area contributed by atoms with E-state index in [1.807, 2.05) is 20.9 Å². The molecule has 2 aromatic heterocycles. The van der Waals surface area contributed by atoms with Gasteiger partial charge < -0.3 is 5.32 Å². The number of aromatic nitrogens is 3. The Bertz CT molecular complexity index is 663. The molecule has 2 heterocycles. The highest BCUT2D eigenvalue weighted by molar-refractivity contribution is 6.34. The van der Waals surface area contributed by atoms with Gasteiger partial charge in [0.2, 0.25) is 5.91 Å². The molecule has 1 N–H and O–H groups in total. The van der Waals surface area contributed by atoms with E-state index in [0.717, 1.165) is 17.0 Å². The molecule has 0 saturated heterocycles. The predicted octanol–water partition coefficient (Wildman–Crippen LogP) is 2.57. The molecule has 106 valence electrons. The van der Waals surface area contributed by atoms with Gasteiger partial charge in [-0.2, -0.15) is 5.10 Å². The number of nitrogens with one attached hydrogen (secondary N) is 1. The molecule has 0 atom stereocenters. The topological polar surface area (TPSA) is 59.8 Å². The molecule has 0 spiro atoms. The molecule has 2 aromatic rings. The van der Waals surface area contributed by atoms with Crippen LogP contribution in [0.15, 0.2) is 12.3 Å². The highest BCUT2D eigenvalue weighted by Gasteiger charge is 2.14. The summed E-state index contributed by atoms with van der Waals surface area (Å²) in [5.74, 6) is -0.114. The van der Waals surface area contributed by atoms with Gasteiger partial charge in [-0.1, -0.05) is 11.6 Å². The fraction of sp³-hybridized carbons (Fsp3) is 0.357. The van der Waals surface area contributed by atoms with E-state index in [1.54, 1.807) is 23.9 Å². The van der Waals surface area contributed by atoms with Gasteiger partial charge in [0.05, 0.1) is 28.5 Å². The summed E-state index contributed by atoms with van der Waals surface area (Å²) in [6.07, 6.45) is 1.90. The predicted molar refractivity (Wildman–Crippen MR) is 79.0 cm³/mol. The number of nitrogens with zero attached hydrogens (tertiary/aromatic N) is 3. The van der Waals surface area contributed by atoms with Crippen molar-refractivity contribution in [3.05, 3.63) is 39.9 Å². The number of rotatable bonds is 3. The van der Waals surface area contributed by atoms with Gasteiger partial charge in [0.1, 0.15) is 0 Å². The minimum absolute atomic E-state index is 0.114. The van der Waals surface area contributed by atoms with E-state index in [1.165, 1.54) is 0 Å². The van der Waals surface area contributed by atoms with Crippen LogP contribution in [0.3, 0.4) is 0 Å². The Morgan fingerprint density at radius 2 is 2.05 bits per heavy atom. The molecule has 5 nitrogen and oxygen atoms in total. The fourth-order valence-electron chi connectivity index (χ4n) is 2.07. The third-order valence-corrected chi connectivity index (χ3v) is 3.81. The van der Waals surface area contributed by atoms with Crippen LogP contribution in [-0.4, -0.2) is 20.7 Å². The molecular formula is C14H17ClN4O. The van der Waals surface area contributed by atoms with Crippen molar-refractivity contribution in [2.45, 2.75) is 27.2 Å². The molecule has 20 heavy (non-hydrogen) atoms. The number of halogens is 1. The maximum absolute atomic E-state index is 12.1. The number of hydrogen-bond acceptors (Lipinski definition) is 3. The van der Waals surface area contributed by atoms with Crippen molar-refractivity contribution in [2.24, 2.45) is 7.05 Å². The average molecular weight is 293 g/mol. The van der Waals surface area contributed by atoms with Crippen LogP contribution < -0.4 is 5.32 Å². The normalized spacial score (nSPS) is 10.7. The number of amides is 1. The van der Waals surface area contributed by atoms with Gasteiger partial charge in [-0.25, -0.2) is 0 Å². The molecule has 0 bridgehead atoms. The zero-order valence-corrected chi connectivity index (χ0v) is 12.7. The molecule has 0 aromatic carbocycles. The van der Waals surface area contributed by atoms with Crippen LogP contribution in [0.1, 0.15) is 22.6 Å². The summed E-state index contributed by atoms with van der Waals surface area (Å²) < 4.78 is 1.78. The largest absolute Gasteiger partial charge is 0.324 e. The lowest BCUT2D eigenvalue weighted by molar-refractivity contribution is -0.115.